The van der Waals surface area contributed by atoms with Crippen LogP contribution in [0.15, 0.2) is 67.0 Å². The molecule has 252 valence electrons. The number of nitrogens with zero attached hydrogens (tertiary/aromatic N) is 4. The Labute approximate surface area is 276 Å². The molecule has 0 bridgehead atoms. The predicted octanol–water partition coefficient (Wildman–Crippen LogP) is 6.08. The molecule has 1 atom stereocenters. The van der Waals surface area contributed by atoms with Crippen molar-refractivity contribution in [3.8, 4) is 0 Å². The molecule has 1 unspecified atom stereocenters. The summed E-state index contributed by atoms with van der Waals surface area (Å²) >= 11 is 0. The van der Waals surface area contributed by atoms with Gasteiger partial charge in [0.1, 0.15) is 6.10 Å². The lowest BCUT2D eigenvalue weighted by Crippen LogP contribution is -2.45. The highest BCUT2D eigenvalue weighted by atomic mass is 16.5. The smallest absolute Gasteiger partial charge is 0.253 e. The molecule has 0 spiro atoms. The SMILES string of the molecule is C/C=C\C(=C/C/C=C\NC(=O)C1CCCO1)c1ccnc(Nc2ccc(N3CCN(C=O)CC3)cc2)n1.C1CCNC1.CC.CC. The second-order valence-corrected chi connectivity index (χ2v) is 10.3. The average molecular weight is 634 g/mol. The zero-order chi connectivity index (χ0) is 33.4. The van der Waals surface area contributed by atoms with Gasteiger partial charge in [-0.05, 0) is 88.0 Å². The number of amides is 2. The molecule has 46 heavy (non-hydrogen) atoms. The van der Waals surface area contributed by atoms with Crippen LogP contribution >= 0.6 is 0 Å². The second kappa shape index (κ2) is 23.3. The van der Waals surface area contributed by atoms with E-state index in [1.165, 1.54) is 25.9 Å². The normalized spacial score (nSPS) is 17.8. The van der Waals surface area contributed by atoms with Crippen molar-refractivity contribution in [1.29, 1.82) is 0 Å². The van der Waals surface area contributed by atoms with Crippen molar-refractivity contribution in [2.24, 2.45) is 0 Å². The van der Waals surface area contributed by atoms with Gasteiger partial charge in [-0.25, -0.2) is 9.97 Å². The highest BCUT2D eigenvalue weighted by molar-refractivity contribution is 5.81. The number of hydrogen-bond acceptors (Lipinski definition) is 8. The molecular weight excluding hydrogens is 578 g/mol. The maximum atomic E-state index is 12.0. The first-order valence-corrected chi connectivity index (χ1v) is 16.9. The number of carbonyl (C=O) groups excluding carboxylic acids is 2. The van der Waals surface area contributed by atoms with Crippen molar-refractivity contribution in [3.05, 3.63) is 72.7 Å². The van der Waals surface area contributed by atoms with Crippen LogP contribution < -0.4 is 20.9 Å². The van der Waals surface area contributed by atoms with E-state index in [0.717, 1.165) is 68.1 Å². The van der Waals surface area contributed by atoms with E-state index in [0.29, 0.717) is 19.0 Å². The number of benzene rings is 1. The fourth-order valence-electron chi connectivity index (χ4n) is 4.89. The van der Waals surface area contributed by atoms with Gasteiger partial charge in [0, 0.05) is 56.6 Å². The molecule has 3 N–H and O–H groups in total. The molecule has 3 saturated heterocycles. The minimum absolute atomic E-state index is 0.0913. The molecule has 2 aromatic rings. The van der Waals surface area contributed by atoms with Crippen LogP contribution in [0.5, 0.6) is 0 Å². The Morgan fingerprint density at radius 3 is 2.33 bits per heavy atom. The van der Waals surface area contributed by atoms with Gasteiger partial charge in [-0.1, -0.05) is 52.0 Å². The number of ether oxygens (including phenoxy) is 1. The van der Waals surface area contributed by atoms with Gasteiger partial charge in [0.25, 0.3) is 5.91 Å². The molecule has 0 aliphatic carbocycles. The maximum Gasteiger partial charge on any atom is 0.253 e. The number of anilines is 3. The number of rotatable bonds is 10. The van der Waals surface area contributed by atoms with Crippen LogP contribution in [0.4, 0.5) is 17.3 Å². The molecule has 10 nitrogen and oxygen atoms in total. The molecular formula is C36H55N7O3. The molecule has 0 radical (unpaired) electrons. The van der Waals surface area contributed by atoms with Crippen molar-refractivity contribution in [2.45, 2.75) is 72.8 Å². The quantitative estimate of drug-likeness (QED) is 0.213. The van der Waals surface area contributed by atoms with Crippen LogP contribution in [0, 0.1) is 0 Å². The topological polar surface area (TPSA) is 112 Å². The van der Waals surface area contributed by atoms with E-state index in [-0.39, 0.29) is 12.0 Å². The molecule has 1 aromatic heterocycles. The number of carbonyl (C=O) groups is 2. The Balaban J connectivity index is 0.000000723. The van der Waals surface area contributed by atoms with Gasteiger partial charge in [-0.3, -0.25) is 9.59 Å². The predicted molar refractivity (Wildman–Crippen MR) is 190 cm³/mol. The summed E-state index contributed by atoms with van der Waals surface area (Å²) in [6, 6.07) is 10.0. The zero-order valence-electron chi connectivity index (χ0n) is 28.5. The third kappa shape index (κ3) is 13.5. The third-order valence-corrected chi connectivity index (χ3v) is 7.25. The molecule has 10 heteroatoms. The molecule has 3 fully saturated rings. The van der Waals surface area contributed by atoms with Crippen molar-refractivity contribution in [1.82, 2.24) is 25.5 Å². The van der Waals surface area contributed by atoms with E-state index >= 15 is 0 Å². The summed E-state index contributed by atoms with van der Waals surface area (Å²) in [7, 11) is 0. The van der Waals surface area contributed by atoms with E-state index in [1.807, 2.05) is 71.0 Å². The lowest BCUT2D eigenvalue weighted by molar-refractivity contribution is -0.129. The summed E-state index contributed by atoms with van der Waals surface area (Å²) in [5, 5.41) is 9.29. The van der Waals surface area contributed by atoms with Gasteiger partial charge >= 0.3 is 0 Å². The van der Waals surface area contributed by atoms with Crippen LogP contribution in [0.2, 0.25) is 0 Å². The Bertz CT molecular complexity index is 1200. The highest BCUT2D eigenvalue weighted by Gasteiger charge is 2.22. The van der Waals surface area contributed by atoms with Gasteiger partial charge < -0.3 is 30.5 Å². The van der Waals surface area contributed by atoms with Crippen LogP contribution in [0.1, 0.15) is 72.4 Å². The van der Waals surface area contributed by atoms with Crippen molar-refractivity contribution < 1.29 is 14.3 Å². The van der Waals surface area contributed by atoms with Crippen molar-refractivity contribution in [2.75, 3.05) is 56.1 Å². The van der Waals surface area contributed by atoms with Crippen molar-refractivity contribution in [3.63, 3.8) is 0 Å². The maximum absolute atomic E-state index is 12.0. The second-order valence-electron chi connectivity index (χ2n) is 10.3. The lowest BCUT2D eigenvalue weighted by Gasteiger charge is -2.34. The molecule has 5 rings (SSSR count). The first-order chi connectivity index (χ1) is 22.7. The summed E-state index contributed by atoms with van der Waals surface area (Å²) in [6.07, 6.45) is 17.0. The molecule has 1 aromatic carbocycles. The summed E-state index contributed by atoms with van der Waals surface area (Å²) in [4.78, 5) is 36.1. The third-order valence-electron chi connectivity index (χ3n) is 7.25. The Morgan fingerprint density at radius 1 is 1.02 bits per heavy atom. The number of allylic oxidation sites excluding steroid dienone is 5. The fourth-order valence-corrected chi connectivity index (χ4v) is 4.89. The van der Waals surface area contributed by atoms with Crippen LogP contribution in [0.25, 0.3) is 5.57 Å². The lowest BCUT2D eigenvalue weighted by atomic mass is 10.1. The van der Waals surface area contributed by atoms with E-state index in [1.54, 1.807) is 17.3 Å². The van der Waals surface area contributed by atoms with E-state index in [9.17, 15) is 9.59 Å². The molecule has 2 amide bonds. The van der Waals surface area contributed by atoms with Crippen LogP contribution in [-0.2, 0) is 14.3 Å². The standard InChI is InChI=1S/C28H34N6O3.C4H9N.2C2H6/c1-2-6-22(7-3-4-14-29-27(36)26-8-5-20-37-26)25-13-15-30-28(32-25)31-23-9-11-24(12-10-23)34-18-16-33(21-35)17-19-34;1-2-4-5-3-1;2*1-2/h2,4,6-7,9-15,21,26H,3,5,8,16-20H2,1H3,(H,29,36)(H,30,31,32);5H,1-4H2;2*1-2H3/b6-2-,14-4-,22-7+;;;. The highest BCUT2D eigenvalue weighted by Crippen LogP contribution is 2.22. The zero-order valence-corrected chi connectivity index (χ0v) is 28.5. The Hall–Kier alpha value is -4.02. The first kappa shape index (κ1) is 38.2. The van der Waals surface area contributed by atoms with Gasteiger partial charge in [0.05, 0.1) is 5.69 Å². The van der Waals surface area contributed by atoms with Crippen LogP contribution in [0.3, 0.4) is 0 Å². The van der Waals surface area contributed by atoms with Gasteiger partial charge in [-0.15, -0.1) is 0 Å². The van der Waals surface area contributed by atoms with E-state index in [4.69, 9.17) is 9.72 Å². The average Bonchev–Trinajstić information content (AvgIpc) is 3.89. The number of hydrogen-bond donors (Lipinski definition) is 3. The van der Waals surface area contributed by atoms with Gasteiger partial charge in [0.15, 0.2) is 0 Å². The minimum atomic E-state index is -0.332. The number of piperazine rings is 1. The van der Waals surface area contributed by atoms with E-state index < -0.39 is 0 Å². The first-order valence-electron chi connectivity index (χ1n) is 16.9. The molecule has 3 aliphatic rings. The van der Waals surface area contributed by atoms with Crippen molar-refractivity contribution >= 4 is 35.2 Å². The summed E-state index contributed by atoms with van der Waals surface area (Å²) in [5.74, 6) is 0.422. The Kier molecular flexibility index (Phi) is 19.4. The summed E-state index contributed by atoms with van der Waals surface area (Å²) in [5.41, 5.74) is 3.79. The monoisotopic (exact) mass is 633 g/mol. The Morgan fingerprint density at radius 2 is 1.74 bits per heavy atom. The minimum Gasteiger partial charge on any atom is -0.368 e. The van der Waals surface area contributed by atoms with Gasteiger partial charge in [0.2, 0.25) is 12.4 Å². The number of aromatic nitrogens is 2. The molecule has 0 saturated carbocycles. The molecule has 4 heterocycles. The summed E-state index contributed by atoms with van der Waals surface area (Å²) < 4.78 is 5.39. The van der Waals surface area contributed by atoms with Gasteiger partial charge in [-0.2, -0.15) is 0 Å². The largest absolute Gasteiger partial charge is 0.368 e. The molecule has 3 aliphatic heterocycles. The van der Waals surface area contributed by atoms with Crippen LogP contribution in [-0.4, -0.2) is 79.2 Å². The van der Waals surface area contributed by atoms with E-state index in [2.05, 4.69) is 44.0 Å². The number of nitrogens with one attached hydrogen (secondary N) is 3. The summed E-state index contributed by atoms with van der Waals surface area (Å²) in [6.45, 7) is 16.3. The fraction of sp³-hybridized carbons (Fsp3) is 0.500.